The topological polar surface area (TPSA) is 18.5 Å². The molecule has 1 N–H and O–H groups in total. The van der Waals surface area contributed by atoms with E-state index in [0.29, 0.717) is 0 Å². The molecule has 15 heavy (non-hydrogen) atoms. The third kappa shape index (κ3) is 3.61. The van der Waals surface area contributed by atoms with Gasteiger partial charge in [0.25, 0.3) is 0 Å². The fourth-order valence-electron chi connectivity index (χ4n) is 1.84. The fraction of sp³-hybridized carbons (Fsp3) is 0.909. The first-order chi connectivity index (χ1) is 6.95. The summed E-state index contributed by atoms with van der Waals surface area (Å²) in [7, 11) is 0. The van der Waals surface area contributed by atoms with Crippen LogP contribution in [0.25, 0.3) is 0 Å². The first-order valence-corrected chi connectivity index (χ1v) is 6.14. The number of thiocarbonyl (C=S) groups is 1. The summed E-state index contributed by atoms with van der Waals surface area (Å²) in [5.74, 6) is 0. The van der Waals surface area contributed by atoms with Crippen molar-refractivity contribution in [3.05, 3.63) is 0 Å². The Morgan fingerprint density at radius 3 is 2.13 bits per heavy atom. The van der Waals surface area contributed by atoms with E-state index in [1.54, 1.807) is 0 Å². The smallest absolute Gasteiger partial charge is 0.169 e. The highest BCUT2D eigenvalue weighted by Gasteiger charge is 2.26. The number of piperazine rings is 1. The van der Waals surface area contributed by atoms with Crippen molar-refractivity contribution >= 4 is 17.3 Å². The van der Waals surface area contributed by atoms with Crippen molar-refractivity contribution < 1.29 is 0 Å². The minimum absolute atomic E-state index is 0.284. The number of hydrogen-bond donors (Lipinski definition) is 1. The number of rotatable bonds is 1. The Balaban J connectivity index is 2.39. The zero-order chi connectivity index (χ0) is 11.5. The third-order valence-electron chi connectivity index (χ3n) is 2.84. The predicted molar refractivity (Wildman–Crippen MR) is 69.2 cm³/mol. The zero-order valence-electron chi connectivity index (χ0n) is 10.3. The Bertz CT molecular complexity index is 214. The maximum atomic E-state index is 5.30. The van der Waals surface area contributed by atoms with Crippen LogP contribution in [0.4, 0.5) is 0 Å². The van der Waals surface area contributed by atoms with Gasteiger partial charge in [-0.3, -0.25) is 4.90 Å². The lowest BCUT2D eigenvalue weighted by Gasteiger charge is -2.42. The van der Waals surface area contributed by atoms with Gasteiger partial charge in [-0.2, -0.15) is 0 Å². The molecule has 88 valence electrons. The molecule has 1 aliphatic rings. The summed E-state index contributed by atoms with van der Waals surface area (Å²) in [5.41, 5.74) is 0.284. The second kappa shape index (κ2) is 5.12. The molecular weight excluding hydrogens is 206 g/mol. The molecule has 4 heteroatoms. The van der Waals surface area contributed by atoms with Crippen molar-refractivity contribution in [1.82, 2.24) is 15.1 Å². The number of hydrogen-bond acceptors (Lipinski definition) is 2. The second-order valence-electron chi connectivity index (χ2n) is 4.98. The molecule has 0 amide bonds. The largest absolute Gasteiger partial charge is 0.363 e. The van der Waals surface area contributed by atoms with Gasteiger partial charge in [-0.1, -0.05) is 0 Å². The average molecular weight is 229 g/mol. The van der Waals surface area contributed by atoms with E-state index in [4.69, 9.17) is 12.2 Å². The van der Waals surface area contributed by atoms with E-state index >= 15 is 0 Å². The molecular formula is C11H23N3S. The molecule has 0 aromatic heterocycles. The molecule has 1 rings (SSSR count). The summed E-state index contributed by atoms with van der Waals surface area (Å²) < 4.78 is 0. The van der Waals surface area contributed by atoms with Crippen LogP contribution in [0.1, 0.15) is 27.7 Å². The molecule has 0 atom stereocenters. The molecule has 0 saturated carbocycles. The molecule has 1 fully saturated rings. The van der Waals surface area contributed by atoms with Gasteiger partial charge < -0.3 is 10.2 Å². The van der Waals surface area contributed by atoms with Crippen molar-refractivity contribution in [2.24, 2.45) is 0 Å². The molecule has 1 saturated heterocycles. The molecule has 3 nitrogen and oxygen atoms in total. The van der Waals surface area contributed by atoms with Crippen LogP contribution < -0.4 is 5.32 Å². The van der Waals surface area contributed by atoms with Gasteiger partial charge in [0.15, 0.2) is 5.11 Å². The lowest BCUT2D eigenvalue weighted by molar-refractivity contribution is 0.0880. The highest BCUT2D eigenvalue weighted by atomic mass is 32.1. The maximum Gasteiger partial charge on any atom is 0.169 e. The molecule has 1 heterocycles. The number of nitrogens with zero attached hydrogens (tertiary/aromatic N) is 2. The van der Waals surface area contributed by atoms with Crippen molar-refractivity contribution in [2.45, 2.75) is 33.2 Å². The quantitative estimate of drug-likeness (QED) is 0.683. The van der Waals surface area contributed by atoms with Gasteiger partial charge in [0, 0.05) is 38.3 Å². The van der Waals surface area contributed by atoms with E-state index in [2.05, 4.69) is 42.8 Å². The first kappa shape index (κ1) is 12.7. The maximum absolute atomic E-state index is 5.30. The second-order valence-corrected chi connectivity index (χ2v) is 5.37. The van der Waals surface area contributed by atoms with E-state index < -0.39 is 0 Å². The summed E-state index contributed by atoms with van der Waals surface area (Å²) in [6.07, 6.45) is 0. The summed E-state index contributed by atoms with van der Waals surface area (Å²) in [4.78, 5) is 4.78. The van der Waals surface area contributed by atoms with E-state index in [1.807, 2.05) is 0 Å². The molecule has 0 unspecified atom stereocenters. The van der Waals surface area contributed by atoms with Crippen LogP contribution in [0.2, 0.25) is 0 Å². The number of nitrogens with one attached hydrogen (secondary N) is 1. The molecule has 0 bridgehead atoms. The summed E-state index contributed by atoms with van der Waals surface area (Å²) >= 11 is 5.30. The van der Waals surface area contributed by atoms with E-state index in [1.165, 1.54) is 0 Å². The summed E-state index contributed by atoms with van der Waals surface area (Å²) in [5, 5.41) is 4.12. The average Bonchev–Trinajstić information content (AvgIpc) is 2.17. The van der Waals surface area contributed by atoms with Crippen LogP contribution in [0, 0.1) is 0 Å². The minimum Gasteiger partial charge on any atom is -0.363 e. The van der Waals surface area contributed by atoms with Gasteiger partial charge >= 0.3 is 0 Å². The van der Waals surface area contributed by atoms with Crippen molar-refractivity contribution in [1.29, 1.82) is 0 Å². The Morgan fingerprint density at radius 1 is 1.20 bits per heavy atom. The first-order valence-electron chi connectivity index (χ1n) is 5.73. The molecule has 1 aliphatic heterocycles. The van der Waals surface area contributed by atoms with Gasteiger partial charge in [0.2, 0.25) is 0 Å². The Hall–Kier alpha value is -0.350. The normalized spacial score (nSPS) is 19.1. The summed E-state index contributed by atoms with van der Waals surface area (Å²) in [6, 6.07) is 0. The van der Waals surface area contributed by atoms with E-state index in [0.717, 1.165) is 37.8 Å². The monoisotopic (exact) mass is 229 g/mol. The van der Waals surface area contributed by atoms with Gasteiger partial charge in [0.05, 0.1) is 0 Å². The van der Waals surface area contributed by atoms with Crippen LogP contribution in [-0.4, -0.2) is 53.2 Å². The van der Waals surface area contributed by atoms with Gasteiger partial charge in [-0.05, 0) is 39.9 Å². The lowest BCUT2D eigenvalue weighted by atomic mass is 10.1. The zero-order valence-corrected chi connectivity index (χ0v) is 11.2. The molecule has 0 radical (unpaired) electrons. The van der Waals surface area contributed by atoms with Gasteiger partial charge in [-0.25, -0.2) is 0 Å². The van der Waals surface area contributed by atoms with Gasteiger partial charge in [0.1, 0.15) is 0 Å². The molecule has 0 aromatic carbocycles. The van der Waals surface area contributed by atoms with Crippen molar-refractivity contribution in [3.8, 4) is 0 Å². The Labute approximate surface area is 98.8 Å². The standard InChI is InChI=1S/C11H23N3S/c1-5-12-10(15)13-6-8-14(9-7-13)11(2,3)4/h5-9H2,1-4H3,(H,12,15). The highest BCUT2D eigenvalue weighted by Crippen LogP contribution is 2.15. The lowest BCUT2D eigenvalue weighted by Crippen LogP contribution is -2.56. The minimum atomic E-state index is 0.284. The van der Waals surface area contributed by atoms with Crippen LogP contribution >= 0.6 is 12.2 Å². The predicted octanol–water partition coefficient (Wildman–Crippen LogP) is 1.30. The van der Waals surface area contributed by atoms with Crippen LogP contribution in [0.5, 0.6) is 0 Å². The summed E-state index contributed by atoms with van der Waals surface area (Å²) in [6.45, 7) is 14.1. The third-order valence-corrected chi connectivity index (χ3v) is 3.25. The van der Waals surface area contributed by atoms with Gasteiger partial charge in [-0.15, -0.1) is 0 Å². The Morgan fingerprint density at radius 2 is 1.73 bits per heavy atom. The molecule has 0 aromatic rings. The SMILES string of the molecule is CCNC(=S)N1CCN(C(C)(C)C)CC1. The van der Waals surface area contributed by atoms with E-state index in [-0.39, 0.29) is 5.54 Å². The van der Waals surface area contributed by atoms with Crippen molar-refractivity contribution in [2.75, 3.05) is 32.7 Å². The van der Waals surface area contributed by atoms with Crippen LogP contribution in [0.3, 0.4) is 0 Å². The van der Waals surface area contributed by atoms with Crippen molar-refractivity contribution in [3.63, 3.8) is 0 Å². The molecule has 0 spiro atoms. The van der Waals surface area contributed by atoms with E-state index in [9.17, 15) is 0 Å². The highest BCUT2D eigenvalue weighted by molar-refractivity contribution is 7.80. The molecule has 0 aliphatic carbocycles. The van der Waals surface area contributed by atoms with Crippen LogP contribution in [-0.2, 0) is 0 Å². The Kier molecular flexibility index (Phi) is 4.34. The van der Waals surface area contributed by atoms with Crippen LogP contribution in [0.15, 0.2) is 0 Å². The fourth-order valence-corrected chi connectivity index (χ4v) is 2.17.